The largest absolute Gasteiger partial charge is 0.481 e. The van der Waals surface area contributed by atoms with Crippen LogP contribution in [0.4, 0.5) is 5.69 Å². The first kappa shape index (κ1) is 20.2. The summed E-state index contributed by atoms with van der Waals surface area (Å²) in [5.41, 5.74) is 1.02. The summed E-state index contributed by atoms with van der Waals surface area (Å²) in [6.07, 6.45) is 3.00. The number of benzene rings is 2. The Morgan fingerprint density at radius 1 is 1.11 bits per heavy atom. The molecule has 0 bridgehead atoms. The molecule has 1 aliphatic heterocycles. The molecule has 2 aromatic carbocycles. The average Bonchev–Trinajstić information content (AvgIpc) is 2.72. The van der Waals surface area contributed by atoms with Gasteiger partial charge in [-0.15, -0.1) is 0 Å². The molecule has 2 amide bonds. The fourth-order valence-corrected chi connectivity index (χ4v) is 3.47. The monoisotopic (exact) mass is 400 g/mol. The van der Waals surface area contributed by atoms with Crippen LogP contribution in [0.15, 0.2) is 48.5 Å². The van der Waals surface area contributed by atoms with Gasteiger partial charge < -0.3 is 15.0 Å². The Hall–Kier alpha value is -2.53. The number of piperidine rings is 1. The van der Waals surface area contributed by atoms with Crippen LogP contribution >= 0.6 is 11.6 Å². The number of carbonyl (C=O) groups is 2. The first-order valence-corrected chi connectivity index (χ1v) is 10.1. The topological polar surface area (TPSA) is 58.6 Å². The van der Waals surface area contributed by atoms with Crippen LogP contribution in [0.1, 0.15) is 43.0 Å². The van der Waals surface area contributed by atoms with Crippen LogP contribution in [0.5, 0.6) is 5.75 Å². The van der Waals surface area contributed by atoms with Gasteiger partial charge in [-0.3, -0.25) is 9.59 Å². The van der Waals surface area contributed by atoms with Gasteiger partial charge in [-0.05, 0) is 56.0 Å². The molecule has 5 nitrogen and oxygen atoms in total. The highest BCUT2D eigenvalue weighted by molar-refractivity contribution is 6.30. The highest BCUT2D eigenvalue weighted by atomic mass is 35.5. The minimum atomic E-state index is -0.684. The van der Waals surface area contributed by atoms with Gasteiger partial charge in [0.05, 0.1) is 11.3 Å². The van der Waals surface area contributed by atoms with Crippen molar-refractivity contribution in [3.63, 3.8) is 0 Å². The van der Waals surface area contributed by atoms with Crippen LogP contribution in [0, 0.1) is 0 Å². The van der Waals surface area contributed by atoms with Gasteiger partial charge in [-0.1, -0.05) is 36.7 Å². The van der Waals surface area contributed by atoms with Gasteiger partial charge in [-0.2, -0.15) is 0 Å². The number of anilines is 1. The third-order valence-electron chi connectivity index (χ3n) is 4.80. The number of hydrogen-bond acceptors (Lipinski definition) is 3. The van der Waals surface area contributed by atoms with Crippen LogP contribution in [0.25, 0.3) is 0 Å². The molecular formula is C22H25ClN2O3. The van der Waals surface area contributed by atoms with Crippen molar-refractivity contribution < 1.29 is 14.3 Å². The third kappa shape index (κ3) is 5.04. The molecule has 3 rings (SSSR count). The van der Waals surface area contributed by atoms with E-state index < -0.39 is 6.10 Å². The second kappa shape index (κ2) is 9.60. The second-order valence-electron chi connectivity index (χ2n) is 6.86. The number of rotatable bonds is 6. The molecular weight excluding hydrogens is 376 g/mol. The molecule has 0 aromatic heterocycles. The lowest BCUT2D eigenvalue weighted by molar-refractivity contribution is -0.122. The Bertz CT molecular complexity index is 834. The van der Waals surface area contributed by atoms with Gasteiger partial charge >= 0.3 is 0 Å². The summed E-state index contributed by atoms with van der Waals surface area (Å²) >= 11 is 5.99. The van der Waals surface area contributed by atoms with Crippen LogP contribution in [-0.4, -0.2) is 35.9 Å². The zero-order valence-electron chi connectivity index (χ0n) is 16.0. The molecule has 0 unspecified atom stereocenters. The van der Waals surface area contributed by atoms with Crippen LogP contribution < -0.4 is 10.1 Å². The molecule has 148 valence electrons. The molecule has 1 aliphatic rings. The Morgan fingerprint density at radius 3 is 2.57 bits per heavy atom. The van der Waals surface area contributed by atoms with Crippen molar-refractivity contribution in [2.75, 3.05) is 18.4 Å². The zero-order valence-corrected chi connectivity index (χ0v) is 16.7. The third-order valence-corrected chi connectivity index (χ3v) is 5.03. The summed E-state index contributed by atoms with van der Waals surface area (Å²) in [6.45, 7) is 3.40. The van der Waals surface area contributed by atoms with Crippen molar-refractivity contribution >= 4 is 29.1 Å². The number of nitrogens with zero attached hydrogens (tertiary/aromatic N) is 1. The maximum atomic E-state index is 12.9. The molecule has 1 saturated heterocycles. The number of amides is 2. The lowest BCUT2D eigenvalue weighted by Crippen LogP contribution is -2.37. The molecule has 6 heteroatoms. The summed E-state index contributed by atoms with van der Waals surface area (Å²) in [4.78, 5) is 27.5. The fourth-order valence-electron chi connectivity index (χ4n) is 3.29. The highest BCUT2D eigenvalue weighted by Gasteiger charge is 2.24. The smallest absolute Gasteiger partial charge is 0.265 e. The quantitative estimate of drug-likeness (QED) is 0.760. The second-order valence-corrected chi connectivity index (χ2v) is 7.30. The number of likely N-dealkylation sites (tertiary alicyclic amines) is 1. The van der Waals surface area contributed by atoms with Crippen molar-refractivity contribution in [3.8, 4) is 5.75 Å². The predicted molar refractivity (Wildman–Crippen MR) is 111 cm³/mol. The Kier molecular flexibility index (Phi) is 6.93. The molecule has 28 heavy (non-hydrogen) atoms. The lowest BCUT2D eigenvalue weighted by atomic mass is 10.1. The number of hydrogen-bond donors (Lipinski definition) is 1. The summed E-state index contributed by atoms with van der Waals surface area (Å²) in [5, 5.41) is 3.42. The summed E-state index contributed by atoms with van der Waals surface area (Å²) in [5.74, 6) is 0.202. The van der Waals surface area contributed by atoms with E-state index in [0.29, 0.717) is 28.4 Å². The van der Waals surface area contributed by atoms with Gasteiger partial charge in [0.15, 0.2) is 6.10 Å². The van der Waals surface area contributed by atoms with Gasteiger partial charge in [0, 0.05) is 18.1 Å². The predicted octanol–water partition coefficient (Wildman–Crippen LogP) is 4.76. The first-order chi connectivity index (χ1) is 13.6. The minimum absolute atomic E-state index is 0.0422. The van der Waals surface area contributed by atoms with E-state index in [-0.39, 0.29) is 11.8 Å². The van der Waals surface area contributed by atoms with E-state index >= 15 is 0 Å². The molecule has 0 spiro atoms. The molecule has 0 aliphatic carbocycles. The Morgan fingerprint density at radius 2 is 1.86 bits per heavy atom. The molecule has 1 atom stereocenters. The first-order valence-electron chi connectivity index (χ1n) is 9.70. The lowest BCUT2D eigenvalue weighted by Gasteiger charge is -2.27. The van der Waals surface area contributed by atoms with Crippen molar-refractivity contribution in [3.05, 3.63) is 59.1 Å². The number of para-hydroxylation sites is 1. The fraction of sp³-hybridized carbons (Fsp3) is 0.364. The van der Waals surface area contributed by atoms with Crippen LogP contribution in [0.2, 0.25) is 5.02 Å². The number of nitrogens with one attached hydrogen (secondary N) is 1. The van der Waals surface area contributed by atoms with Gasteiger partial charge in [0.25, 0.3) is 11.8 Å². The van der Waals surface area contributed by atoms with Gasteiger partial charge in [-0.25, -0.2) is 0 Å². The summed E-state index contributed by atoms with van der Waals surface area (Å²) < 4.78 is 5.80. The average molecular weight is 401 g/mol. The van der Waals surface area contributed by atoms with E-state index in [4.69, 9.17) is 16.3 Å². The maximum Gasteiger partial charge on any atom is 0.265 e. The molecule has 1 heterocycles. The van der Waals surface area contributed by atoms with E-state index in [0.717, 1.165) is 32.4 Å². The van der Waals surface area contributed by atoms with Gasteiger partial charge in [0.2, 0.25) is 0 Å². The van der Waals surface area contributed by atoms with E-state index in [2.05, 4.69) is 5.32 Å². The zero-order chi connectivity index (χ0) is 19.9. The molecule has 0 saturated carbocycles. The van der Waals surface area contributed by atoms with E-state index in [1.807, 2.05) is 17.9 Å². The highest BCUT2D eigenvalue weighted by Crippen LogP contribution is 2.22. The molecule has 1 fully saturated rings. The molecule has 0 radical (unpaired) electrons. The molecule has 1 N–H and O–H groups in total. The maximum absolute atomic E-state index is 12.9. The minimum Gasteiger partial charge on any atom is -0.481 e. The summed E-state index contributed by atoms with van der Waals surface area (Å²) in [7, 11) is 0. The normalized spacial score (nSPS) is 15.0. The van der Waals surface area contributed by atoms with E-state index in [1.54, 1.807) is 42.5 Å². The van der Waals surface area contributed by atoms with Crippen molar-refractivity contribution in [1.29, 1.82) is 0 Å². The number of ether oxygens (including phenoxy) is 1. The Labute approximate surface area is 170 Å². The van der Waals surface area contributed by atoms with Crippen molar-refractivity contribution in [2.45, 2.75) is 38.7 Å². The van der Waals surface area contributed by atoms with Crippen LogP contribution in [-0.2, 0) is 4.79 Å². The van der Waals surface area contributed by atoms with Crippen molar-refractivity contribution in [2.24, 2.45) is 0 Å². The standard InChI is InChI=1S/C22H25ClN2O3/c1-2-20(28-17-10-8-9-16(23)15-17)21(26)24-19-12-5-4-11-18(19)22(27)25-13-6-3-7-14-25/h4-5,8-12,15,20H,2-3,6-7,13-14H2,1H3,(H,24,26)/t20-/m0/s1. The number of halogens is 1. The SMILES string of the molecule is CC[C@H](Oc1cccc(Cl)c1)C(=O)Nc1ccccc1C(=O)N1CCCCC1. The van der Waals surface area contributed by atoms with Crippen molar-refractivity contribution in [1.82, 2.24) is 4.90 Å². The molecule has 2 aromatic rings. The van der Waals surface area contributed by atoms with Crippen LogP contribution in [0.3, 0.4) is 0 Å². The number of carbonyl (C=O) groups excluding carboxylic acids is 2. The Balaban J connectivity index is 1.73. The van der Waals surface area contributed by atoms with E-state index in [1.165, 1.54) is 0 Å². The summed E-state index contributed by atoms with van der Waals surface area (Å²) in [6, 6.07) is 14.1. The van der Waals surface area contributed by atoms with Gasteiger partial charge in [0.1, 0.15) is 5.75 Å². The van der Waals surface area contributed by atoms with E-state index in [9.17, 15) is 9.59 Å².